The van der Waals surface area contributed by atoms with Crippen molar-refractivity contribution in [1.82, 2.24) is 9.66 Å². The quantitative estimate of drug-likeness (QED) is 0.436. The minimum atomic E-state index is -1.10. The van der Waals surface area contributed by atoms with E-state index in [9.17, 15) is 14.7 Å². The molecule has 9 heteroatoms. The van der Waals surface area contributed by atoms with Crippen LogP contribution in [0.15, 0.2) is 50.8 Å². The van der Waals surface area contributed by atoms with Crippen LogP contribution in [0.4, 0.5) is 0 Å². The number of benzene rings is 2. The lowest BCUT2D eigenvalue weighted by Gasteiger charge is -2.23. The van der Waals surface area contributed by atoms with Gasteiger partial charge in [-0.15, -0.1) is 0 Å². The standard InChI is InChI=1S/C25H26BrN3O5/c1-15(25(31)32)34-22-17(9-6-10-21(22)33-2)14-27-29-23(16-7-4-3-5-8-16)28-20-12-11-18(26)13-19(20)24(29)30/h6,9-16H,3-5,7-8H2,1-2H3,(H,31,32)/t15-/m0/s1. The number of nitrogens with zero attached hydrogens (tertiary/aromatic N) is 3. The number of rotatable bonds is 7. The Bertz CT molecular complexity index is 1300. The maximum absolute atomic E-state index is 13.5. The van der Waals surface area contributed by atoms with Crippen LogP contribution in [0, 0.1) is 0 Å². The molecule has 2 aromatic carbocycles. The number of carboxylic acids is 1. The molecule has 1 N–H and O–H groups in total. The van der Waals surface area contributed by atoms with E-state index in [1.165, 1.54) is 31.3 Å². The van der Waals surface area contributed by atoms with Gasteiger partial charge in [-0.25, -0.2) is 9.78 Å². The predicted octanol–water partition coefficient (Wildman–Crippen LogP) is 4.95. The van der Waals surface area contributed by atoms with Gasteiger partial charge >= 0.3 is 5.97 Å². The van der Waals surface area contributed by atoms with Gasteiger partial charge < -0.3 is 14.6 Å². The first-order chi connectivity index (χ1) is 16.4. The van der Waals surface area contributed by atoms with Crippen molar-refractivity contribution in [3.8, 4) is 11.5 Å². The van der Waals surface area contributed by atoms with E-state index < -0.39 is 12.1 Å². The summed E-state index contributed by atoms with van der Waals surface area (Å²) < 4.78 is 13.2. The molecule has 34 heavy (non-hydrogen) atoms. The Hall–Kier alpha value is -3.20. The van der Waals surface area contributed by atoms with Gasteiger partial charge in [0.15, 0.2) is 17.6 Å². The van der Waals surface area contributed by atoms with E-state index in [1.54, 1.807) is 24.3 Å². The Balaban J connectivity index is 1.84. The number of hydrogen-bond acceptors (Lipinski definition) is 6. The smallest absolute Gasteiger partial charge is 0.344 e. The molecule has 1 aliphatic rings. The molecule has 0 aliphatic heterocycles. The van der Waals surface area contributed by atoms with Gasteiger partial charge in [0, 0.05) is 16.0 Å². The van der Waals surface area contributed by atoms with Crippen LogP contribution in [0.3, 0.4) is 0 Å². The first kappa shape index (κ1) is 23.9. The lowest BCUT2D eigenvalue weighted by Crippen LogP contribution is -2.25. The number of hydrogen-bond donors (Lipinski definition) is 1. The molecule has 1 fully saturated rings. The highest BCUT2D eigenvalue weighted by Crippen LogP contribution is 2.33. The summed E-state index contributed by atoms with van der Waals surface area (Å²) in [4.78, 5) is 29.7. The normalized spacial score (nSPS) is 15.5. The number of fused-ring (bicyclic) bond motifs is 1. The Morgan fingerprint density at radius 1 is 1.26 bits per heavy atom. The molecule has 8 nitrogen and oxygen atoms in total. The van der Waals surface area contributed by atoms with Crippen LogP contribution in [0.1, 0.15) is 56.3 Å². The van der Waals surface area contributed by atoms with Crippen LogP contribution in [0.25, 0.3) is 10.9 Å². The van der Waals surface area contributed by atoms with Gasteiger partial charge in [-0.1, -0.05) is 41.3 Å². The summed E-state index contributed by atoms with van der Waals surface area (Å²) in [6.07, 6.45) is 5.65. The van der Waals surface area contributed by atoms with Crippen LogP contribution in [0.2, 0.25) is 0 Å². The van der Waals surface area contributed by atoms with Gasteiger partial charge in [0.25, 0.3) is 5.56 Å². The SMILES string of the molecule is COc1cccc(C=Nn2c(C3CCCCC3)nc3ccc(Br)cc3c2=O)c1O[C@@H](C)C(=O)O. The summed E-state index contributed by atoms with van der Waals surface area (Å²) in [7, 11) is 1.48. The maximum atomic E-state index is 13.5. The van der Waals surface area contributed by atoms with Crippen molar-refractivity contribution in [1.29, 1.82) is 0 Å². The average molecular weight is 528 g/mol. The van der Waals surface area contributed by atoms with E-state index in [4.69, 9.17) is 14.5 Å². The van der Waals surface area contributed by atoms with Crippen molar-refractivity contribution in [3.05, 3.63) is 62.6 Å². The number of methoxy groups -OCH3 is 1. The molecule has 1 aromatic heterocycles. The molecule has 0 saturated heterocycles. The first-order valence-electron chi connectivity index (χ1n) is 11.2. The molecule has 0 radical (unpaired) electrons. The maximum Gasteiger partial charge on any atom is 0.344 e. The summed E-state index contributed by atoms with van der Waals surface area (Å²) in [6.45, 7) is 1.44. The number of carboxylic acid groups (broad SMARTS) is 1. The first-order valence-corrected chi connectivity index (χ1v) is 12.0. The molecule has 1 aliphatic carbocycles. The van der Waals surface area contributed by atoms with Crippen molar-refractivity contribution in [2.24, 2.45) is 5.10 Å². The average Bonchev–Trinajstić information content (AvgIpc) is 2.84. The highest BCUT2D eigenvalue weighted by Gasteiger charge is 2.23. The van der Waals surface area contributed by atoms with Gasteiger partial charge in [0.1, 0.15) is 5.82 Å². The molecule has 0 bridgehead atoms. The highest BCUT2D eigenvalue weighted by molar-refractivity contribution is 9.10. The van der Waals surface area contributed by atoms with Gasteiger partial charge in [-0.05, 0) is 50.1 Å². The van der Waals surface area contributed by atoms with Crippen LogP contribution in [-0.2, 0) is 4.79 Å². The Labute approximate surface area is 205 Å². The molecule has 1 heterocycles. The number of halogens is 1. The van der Waals surface area contributed by atoms with E-state index in [-0.39, 0.29) is 17.2 Å². The van der Waals surface area contributed by atoms with Gasteiger partial charge in [-0.2, -0.15) is 9.78 Å². The predicted molar refractivity (Wildman–Crippen MR) is 133 cm³/mol. The van der Waals surface area contributed by atoms with Crippen molar-refractivity contribution in [3.63, 3.8) is 0 Å². The van der Waals surface area contributed by atoms with Crippen molar-refractivity contribution in [2.75, 3.05) is 7.11 Å². The molecule has 178 valence electrons. The number of aliphatic carboxylic acids is 1. The fourth-order valence-electron chi connectivity index (χ4n) is 4.17. The molecule has 0 unspecified atom stereocenters. The van der Waals surface area contributed by atoms with Crippen LogP contribution in [-0.4, -0.2) is 40.2 Å². The molecular formula is C25H26BrN3O5. The number of para-hydroxylation sites is 1. The van der Waals surface area contributed by atoms with Gasteiger partial charge in [0.05, 0.1) is 24.2 Å². The number of aromatic nitrogens is 2. The summed E-state index contributed by atoms with van der Waals surface area (Å²) in [5.74, 6) is 0.290. The second-order valence-corrected chi connectivity index (χ2v) is 9.22. The zero-order chi connectivity index (χ0) is 24.2. The van der Waals surface area contributed by atoms with E-state index in [2.05, 4.69) is 21.0 Å². The molecule has 1 saturated carbocycles. The third kappa shape index (κ3) is 4.99. The summed E-state index contributed by atoms with van der Waals surface area (Å²) >= 11 is 3.43. The van der Waals surface area contributed by atoms with Crippen molar-refractivity contribution in [2.45, 2.75) is 51.0 Å². The van der Waals surface area contributed by atoms with E-state index in [0.29, 0.717) is 28.0 Å². The Morgan fingerprint density at radius 2 is 2.03 bits per heavy atom. The van der Waals surface area contributed by atoms with Gasteiger partial charge in [0.2, 0.25) is 0 Å². The van der Waals surface area contributed by atoms with Crippen molar-refractivity contribution >= 4 is 39.0 Å². The van der Waals surface area contributed by atoms with Crippen LogP contribution < -0.4 is 15.0 Å². The van der Waals surface area contributed by atoms with Crippen molar-refractivity contribution < 1.29 is 19.4 Å². The zero-order valence-corrected chi connectivity index (χ0v) is 20.6. The fraction of sp³-hybridized carbons (Fsp3) is 0.360. The highest BCUT2D eigenvalue weighted by atomic mass is 79.9. The van der Waals surface area contributed by atoms with E-state index in [0.717, 1.165) is 30.2 Å². The molecular weight excluding hydrogens is 502 g/mol. The summed E-state index contributed by atoms with van der Waals surface area (Å²) in [5.41, 5.74) is 0.872. The van der Waals surface area contributed by atoms with Gasteiger partial charge in [-0.3, -0.25) is 4.79 Å². The summed E-state index contributed by atoms with van der Waals surface area (Å²) in [5, 5.41) is 14.3. The Kier molecular flexibility index (Phi) is 7.31. The lowest BCUT2D eigenvalue weighted by molar-refractivity contribution is -0.144. The summed E-state index contributed by atoms with van der Waals surface area (Å²) in [6, 6.07) is 10.6. The fourth-order valence-corrected chi connectivity index (χ4v) is 4.53. The third-order valence-corrected chi connectivity index (χ3v) is 6.48. The minimum absolute atomic E-state index is 0.139. The van der Waals surface area contributed by atoms with E-state index >= 15 is 0 Å². The van der Waals surface area contributed by atoms with Crippen LogP contribution >= 0.6 is 15.9 Å². The monoisotopic (exact) mass is 527 g/mol. The number of ether oxygens (including phenoxy) is 2. The lowest BCUT2D eigenvalue weighted by atomic mass is 9.88. The third-order valence-electron chi connectivity index (χ3n) is 5.99. The van der Waals surface area contributed by atoms with Crippen LogP contribution in [0.5, 0.6) is 11.5 Å². The minimum Gasteiger partial charge on any atom is -0.493 e. The Morgan fingerprint density at radius 3 is 2.74 bits per heavy atom. The number of carbonyl (C=O) groups is 1. The molecule has 3 aromatic rings. The molecule has 1 atom stereocenters. The molecule has 0 amide bonds. The van der Waals surface area contributed by atoms with E-state index in [1.807, 2.05) is 12.1 Å². The topological polar surface area (TPSA) is 103 Å². The second kappa shape index (κ2) is 10.4. The second-order valence-electron chi connectivity index (χ2n) is 8.30. The molecule has 4 rings (SSSR count). The molecule has 0 spiro atoms. The largest absolute Gasteiger partial charge is 0.493 e. The zero-order valence-electron chi connectivity index (χ0n) is 19.0.